The number of hydrogen-bond acceptors (Lipinski definition) is 6. The van der Waals surface area contributed by atoms with Crippen LogP contribution >= 0.6 is 0 Å². The zero-order valence-corrected chi connectivity index (χ0v) is 7.87. The zero-order valence-electron chi connectivity index (χ0n) is 7.87. The topological polar surface area (TPSA) is 118 Å². The molecule has 0 aliphatic heterocycles. The van der Waals surface area contributed by atoms with E-state index in [1.807, 2.05) is 0 Å². The van der Waals surface area contributed by atoms with Crippen molar-refractivity contribution in [2.75, 3.05) is 6.61 Å². The van der Waals surface area contributed by atoms with Crippen molar-refractivity contribution in [3.8, 4) is 0 Å². The summed E-state index contributed by atoms with van der Waals surface area (Å²) >= 11 is 0. The van der Waals surface area contributed by atoms with Gasteiger partial charge in [0, 0.05) is 0 Å². The van der Waals surface area contributed by atoms with Gasteiger partial charge in [-0.1, -0.05) is 6.92 Å². The van der Waals surface area contributed by atoms with E-state index >= 15 is 0 Å². The SMILES string of the molecule is CCC(O)C(=O)[C@H](O)[C@@H](O)[C@H](O)CO. The maximum atomic E-state index is 11.1. The molecule has 0 aromatic rings. The van der Waals surface area contributed by atoms with Gasteiger partial charge in [0.25, 0.3) is 0 Å². The molecule has 0 aromatic carbocycles. The average molecular weight is 208 g/mol. The molecule has 6 heteroatoms. The molecule has 1 unspecified atom stereocenters. The normalized spacial score (nSPS) is 19.9. The third-order valence-electron chi connectivity index (χ3n) is 1.91. The van der Waals surface area contributed by atoms with E-state index in [0.29, 0.717) is 0 Å². The maximum Gasteiger partial charge on any atom is 0.192 e. The predicted octanol–water partition coefficient (Wildman–Crippen LogP) is -2.60. The monoisotopic (exact) mass is 208 g/mol. The van der Waals surface area contributed by atoms with Crippen LogP contribution in [0.25, 0.3) is 0 Å². The fourth-order valence-electron chi connectivity index (χ4n) is 0.885. The molecule has 14 heavy (non-hydrogen) atoms. The molecular formula is C8H16O6. The summed E-state index contributed by atoms with van der Waals surface area (Å²) in [4.78, 5) is 11.1. The van der Waals surface area contributed by atoms with Gasteiger partial charge < -0.3 is 25.5 Å². The maximum absolute atomic E-state index is 11.1. The Bertz CT molecular complexity index is 183. The van der Waals surface area contributed by atoms with Gasteiger partial charge in [0.2, 0.25) is 0 Å². The number of carbonyl (C=O) groups is 1. The smallest absolute Gasteiger partial charge is 0.192 e. The first-order valence-corrected chi connectivity index (χ1v) is 4.32. The highest BCUT2D eigenvalue weighted by Crippen LogP contribution is 2.05. The summed E-state index contributed by atoms with van der Waals surface area (Å²) in [6.07, 6.45) is -6.53. The molecule has 0 aliphatic rings. The number of aliphatic hydroxyl groups excluding tert-OH is 5. The number of aliphatic hydroxyl groups is 5. The fourth-order valence-corrected chi connectivity index (χ4v) is 0.885. The molecule has 0 bridgehead atoms. The summed E-state index contributed by atoms with van der Waals surface area (Å²) in [6, 6.07) is 0. The van der Waals surface area contributed by atoms with Gasteiger partial charge in [0.1, 0.15) is 24.4 Å². The van der Waals surface area contributed by atoms with Crippen molar-refractivity contribution in [1.29, 1.82) is 0 Å². The standard InChI is InChI=1S/C8H16O6/c1-2-4(10)6(12)8(14)7(13)5(11)3-9/h4-5,7-11,13-14H,2-3H2,1H3/t4?,5-,7+,8+/m1/s1. The molecule has 0 heterocycles. The minimum Gasteiger partial charge on any atom is -0.394 e. The third kappa shape index (κ3) is 3.32. The summed E-state index contributed by atoms with van der Waals surface area (Å²) < 4.78 is 0. The minimum atomic E-state index is -1.88. The molecule has 0 spiro atoms. The van der Waals surface area contributed by atoms with Gasteiger partial charge in [-0.25, -0.2) is 0 Å². The van der Waals surface area contributed by atoms with Crippen molar-refractivity contribution >= 4 is 5.78 Å². The second-order valence-electron chi connectivity index (χ2n) is 3.01. The van der Waals surface area contributed by atoms with E-state index in [-0.39, 0.29) is 6.42 Å². The molecule has 6 nitrogen and oxygen atoms in total. The van der Waals surface area contributed by atoms with Crippen LogP contribution in [0.1, 0.15) is 13.3 Å². The van der Waals surface area contributed by atoms with Crippen LogP contribution < -0.4 is 0 Å². The average Bonchev–Trinajstić information content (AvgIpc) is 2.23. The Morgan fingerprint density at radius 2 is 1.71 bits per heavy atom. The second kappa shape index (κ2) is 6.05. The van der Waals surface area contributed by atoms with Gasteiger partial charge in [0.05, 0.1) is 6.61 Å². The number of carbonyl (C=O) groups excluding carboxylic acids is 1. The van der Waals surface area contributed by atoms with E-state index < -0.39 is 36.8 Å². The zero-order chi connectivity index (χ0) is 11.3. The first-order chi connectivity index (χ1) is 6.45. The van der Waals surface area contributed by atoms with Crippen LogP contribution in [0.3, 0.4) is 0 Å². The van der Waals surface area contributed by atoms with Crippen molar-refractivity contribution in [3.63, 3.8) is 0 Å². The highest BCUT2D eigenvalue weighted by Gasteiger charge is 2.32. The molecule has 5 N–H and O–H groups in total. The van der Waals surface area contributed by atoms with Crippen LogP contribution in [-0.4, -0.2) is 62.3 Å². The van der Waals surface area contributed by atoms with Gasteiger partial charge in [0.15, 0.2) is 5.78 Å². The van der Waals surface area contributed by atoms with E-state index in [9.17, 15) is 4.79 Å². The molecule has 0 saturated heterocycles. The lowest BCUT2D eigenvalue weighted by Crippen LogP contribution is -2.47. The Labute approximate surface area is 81.4 Å². The Morgan fingerprint density at radius 1 is 1.21 bits per heavy atom. The summed E-state index contributed by atoms with van der Waals surface area (Å²) in [5, 5.41) is 44.6. The molecule has 0 fully saturated rings. The molecular weight excluding hydrogens is 192 g/mol. The summed E-state index contributed by atoms with van der Waals surface area (Å²) in [5.74, 6) is -0.965. The van der Waals surface area contributed by atoms with Crippen LogP contribution in [0, 0.1) is 0 Å². The Balaban J connectivity index is 4.30. The van der Waals surface area contributed by atoms with Crippen LogP contribution in [0.4, 0.5) is 0 Å². The lowest BCUT2D eigenvalue weighted by atomic mass is 10.00. The van der Waals surface area contributed by atoms with Crippen molar-refractivity contribution < 1.29 is 30.3 Å². The van der Waals surface area contributed by atoms with E-state index in [1.54, 1.807) is 0 Å². The largest absolute Gasteiger partial charge is 0.394 e. The lowest BCUT2D eigenvalue weighted by molar-refractivity contribution is -0.148. The highest BCUT2D eigenvalue weighted by molar-refractivity contribution is 5.87. The third-order valence-corrected chi connectivity index (χ3v) is 1.91. The molecule has 0 aromatic heterocycles. The second-order valence-corrected chi connectivity index (χ2v) is 3.01. The van der Waals surface area contributed by atoms with E-state index in [0.717, 1.165) is 0 Å². The fraction of sp³-hybridized carbons (Fsp3) is 0.875. The first-order valence-electron chi connectivity index (χ1n) is 4.32. The molecule has 84 valence electrons. The van der Waals surface area contributed by atoms with E-state index in [4.69, 9.17) is 25.5 Å². The molecule has 4 atom stereocenters. The molecule has 0 radical (unpaired) electrons. The van der Waals surface area contributed by atoms with Crippen molar-refractivity contribution in [2.45, 2.75) is 37.8 Å². The Morgan fingerprint density at radius 3 is 2.07 bits per heavy atom. The highest BCUT2D eigenvalue weighted by atomic mass is 16.4. The van der Waals surface area contributed by atoms with Crippen molar-refractivity contribution in [3.05, 3.63) is 0 Å². The van der Waals surface area contributed by atoms with Crippen LogP contribution in [0.15, 0.2) is 0 Å². The molecule has 0 aliphatic carbocycles. The van der Waals surface area contributed by atoms with Crippen molar-refractivity contribution in [1.82, 2.24) is 0 Å². The number of ketones is 1. The quantitative estimate of drug-likeness (QED) is 0.327. The first kappa shape index (κ1) is 13.5. The van der Waals surface area contributed by atoms with Crippen LogP contribution in [-0.2, 0) is 4.79 Å². The Kier molecular flexibility index (Phi) is 5.82. The predicted molar refractivity (Wildman–Crippen MR) is 46.4 cm³/mol. The molecule has 0 rings (SSSR count). The van der Waals surface area contributed by atoms with Crippen molar-refractivity contribution in [2.24, 2.45) is 0 Å². The lowest BCUT2D eigenvalue weighted by Gasteiger charge is -2.21. The summed E-state index contributed by atoms with van der Waals surface area (Å²) in [6.45, 7) is 0.762. The minimum absolute atomic E-state index is 0.109. The van der Waals surface area contributed by atoms with Crippen LogP contribution in [0.5, 0.6) is 0 Å². The number of Topliss-reactive ketones (excluding diaryl/α,β-unsaturated/α-hetero) is 1. The van der Waals surface area contributed by atoms with Gasteiger partial charge in [-0.15, -0.1) is 0 Å². The molecule has 0 saturated carbocycles. The van der Waals surface area contributed by atoms with E-state index in [1.165, 1.54) is 6.92 Å². The van der Waals surface area contributed by atoms with Gasteiger partial charge in [-0.05, 0) is 6.42 Å². The number of hydrogen-bond donors (Lipinski definition) is 5. The van der Waals surface area contributed by atoms with E-state index in [2.05, 4.69) is 0 Å². The van der Waals surface area contributed by atoms with Gasteiger partial charge in [-0.3, -0.25) is 4.79 Å². The van der Waals surface area contributed by atoms with Gasteiger partial charge >= 0.3 is 0 Å². The summed E-state index contributed by atoms with van der Waals surface area (Å²) in [7, 11) is 0. The van der Waals surface area contributed by atoms with Crippen LogP contribution in [0.2, 0.25) is 0 Å². The summed E-state index contributed by atoms with van der Waals surface area (Å²) in [5.41, 5.74) is 0. The Hall–Kier alpha value is -0.530. The van der Waals surface area contributed by atoms with Gasteiger partial charge in [-0.2, -0.15) is 0 Å². The number of rotatable bonds is 6. The molecule has 0 amide bonds.